The number of hydrogen-bond acceptors (Lipinski definition) is 2. The molecule has 4 rings (SSSR count). The van der Waals surface area contributed by atoms with Gasteiger partial charge in [-0.25, -0.2) is 0 Å². The Morgan fingerprint density at radius 1 is 0.500 bits per heavy atom. The molecule has 0 aliphatic heterocycles. The van der Waals surface area contributed by atoms with E-state index in [9.17, 15) is 0 Å². The summed E-state index contributed by atoms with van der Waals surface area (Å²) in [5, 5.41) is 9.02. The fourth-order valence-electron chi connectivity index (χ4n) is 3.47. The molecule has 2 nitrogen and oxygen atoms in total. The monoisotopic (exact) mass is 500 g/mol. The SMILES string of the molecule is Cc1cc(-c2ccc(Nc3c(Cl)cccc3Cl)c(C)c2)ccc1Nc1c(Cl)cccc1Cl. The number of hydrogen-bond donors (Lipinski definition) is 2. The van der Waals surface area contributed by atoms with E-state index in [2.05, 4.69) is 48.7 Å². The van der Waals surface area contributed by atoms with E-state index in [1.54, 1.807) is 0 Å². The minimum atomic E-state index is 0.582. The Kier molecular flexibility index (Phi) is 6.88. The third-order valence-corrected chi connectivity index (χ3v) is 6.49. The van der Waals surface area contributed by atoms with Crippen molar-refractivity contribution in [2.24, 2.45) is 0 Å². The van der Waals surface area contributed by atoms with Gasteiger partial charge in [0.25, 0.3) is 0 Å². The summed E-state index contributed by atoms with van der Waals surface area (Å²) in [6.45, 7) is 4.11. The Labute approximate surface area is 208 Å². The molecule has 0 amide bonds. The third kappa shape index (κ3) is 4.84. The van der Waals surface area contributed by atoms with Crippen molar-refractivity contribution in [2.75, 3.05) is 10.6 Å². The van der Waals surface area contributed by atoms with Gasteiger partial charge in [0.2, 0.25) is 0 Å². The van der Waals surface area contributed by atoms with E-state index in [-0.39, 0.29) is 0 Å². The molecular formula is C26H20Cl4N2. The predicted molar refractivity (Wildman–Crippen MR) is 141 cm³/mol. The van der Waals surface area contributed by atoms with Crippen LogP contribution in [0.4, 0.5) is 22.7 Å². The normalized spacial score (nSPS) is 10.8. The lowest BCUT2D eigenvalue weighted by molar-refractivity contribution is 1.41. The smallest absolute Gasteiger partial charge is 0.0762 e. The molecule has 0 heterocycles. The zero-order valence-electron chi connectivity index (χ0n) is 17.4. The van der Waals surface area contributed by atoms with Gasteiger partial charge in [-0.1, -0.05) is 70.7 Å². The second-order valence-electron chi connectivity index (χ2n) is 7.50. The highest BCUT2D eigenvalue weighted by Crippen LogP contribution is 2.36. The van der Waals surface area contributed by atoms with Crippen LogP contribution in [-0.4, -0.2) is 0 Å². The van der Waals surface area contributed by atoms with Crippen molar-refractivity contribution in [2.45, 2.75) is 13.8 Å². The molecule has 0 aliphatic carbocycles. The summed E-state index contributed by atoms with van der Waals surface area (Å²) < 4.78 is 0. The quantitative estimate of drug-likeness (QED) is 0.284. The Morgan fingerprint density at radius 3 is 1.16 bits per heavy atom. The van der Waals surface area contributed by atoms with Gasteiger partial charge in [-0.2, -0.15) is 0 Å². The lowest BCUT2D eigenvalue weighted by atomic mass is 9.99. The van der Waals surface area contributed by atoms with Crippen molar-refractivity contribution in [3.8, 4) is 11.1 Å². The summed E-state index contributed by atoms with van der Waals surface area (Å²) in [5.41, 5.74) is 7.71. The molecular weight excluding hydrogens is 482 g/mol. The van der Waals surface area contributed by atoms with Gasteiger partial charge in [-0.3, -0.25) is 0 Å². The number of benzene rings is 4. The number of nitrogens with one attached hydrogen (secondary N) is 2. The first-order valence-electron chi connectivity index (χ1n) is 9.97. The fraction of sp³-hybridized carbons (Fsp3) is 0.0769. The maximum absolute atomic E-state index is 6.30. The van der Waals surface area contributed by atoms with E-state index in [1.165, 1.54) is 0 Å². The van der Waals surface area contributed by atoms with Crippen LogP contribution < -0.4 is 10.6 Å². The molecule has 6 heteroatoms. The van der Waals surface area contributed by atoms with Crippen LogP contribution >= 0.6 is 46.4 Å². The molecule has 0 bridgehead atoms. The summed E-state index contributed by atoms with van der Waals surface area (Å²) in [7, 11) is 0. The first kappa shape index (κ1) is 22.8. The molecule has 0 unspecified atom stereocenters. The second-order valence-corrected chi connectivity index (χ2v) is 9.13. The fourth-order valence-corrected chi connectivity index (χ4v) is 4.45. The molecule has 0 spiro atoms. The largest absolute Gasteiger partial charge is 0.353 e. The minimum Gasteiger partial charge on any atom is -0.353 e. The average Bonchev–Trinajstić information content (AvgIpc) is 2.75. The van der Waals surface area contributed by atoms with Crippen LogP contribution in [0.5, 0.6) is 0 Å². The Balaban J connectivity index is 1.59. The van der Waals surface area contributed by atoms with Gasteiger partial charge in [0.15, 0.2) is 0 Å². The number of aryl methyl sites for hydroxylation is 2. The molecule has 162 valence electrons. The zero-order chi connectivity index (χ0) is 22.8. The number of para-hydroxylation sites is 2. The molecule has 4 aromatic carbocycles. The van der Waals surface area contributed by atoms with Gasteiger partial charge in [-0.15, -0.1) is 0 Å². The van der Waals surface area contributed by atoms with Crippen LogP contribution in [0.15, 0.2) is 72.8 Å². The lowest BCUT2D eigenvalue weighted by Gasteiger charge is -2.16. The maximum Gasteiger partial charge on any atom is 0.0762 e. The van der Waals surface area contributed by atoms with Crippen LogP contribution in [0, 0.1) is 13.8 Å². The van der Waals surface area contributed by atoms with Gasteiger partial charge < -0.3 is 10.6 Å². The molecule has 0 atom stereocenters. The number of anilines is 4. The van der Waals surface area contributed by atoms with Gasteiger partial charge >= 0.3 is 0 Å². The molecule has 4 aromatic rings. The van der Waals surface area contributed by atoms with E-state index >= 15 is 0 Å². The summed E-state index contributed by atoms with van der Waals surface area (Å²) in [6, 6.07) is 23.4. The van der Waals surface area contributed by atoms with E-state index < -0.39 is 0 Å². The van der Waals surface area contributed by atoms with Crippen LogP contribution in [0.1, 0.15) is 11.1 Å². The molecule has 0 aromatic heterocycles. The summed E-state index contributed by atoms with van der Waals surface area (Å²) in [6.07, 6.45) is 0. The van der Waals surface area contributed by atoms with Crippen LogP contribution in [0.2, 0.25) is 20.1 Å². The van der Waals surface area contributed by atoms with E-state index in [0.29, 0.717) is 31.5 Å². The number of halogens is 4. The summed E-state index contributed by atoms with van der Waals surface area (Å²) >= 11 is 25.2. The Morgan fingerprint density at radius 2 is 0.844 bits per heavy atom. The zero-order valence-corrected chi connectivity index (χ0v) is 20.5. The van der Waals surface area contributed by atoms with Crippen molar-refractivity contribution in [3.63, 3.8) is 0 Å². The van der Waals surface area contributed by atoms with Crippen molar-refractivity contribution in [1.82, 2.24) is 0 Å². The van der Waals surface area contributed by atoms with Crippen LogP contribution in [0.3, 0.4) is 0 Å². The van der Waals surface area contributed by atoms with Gasteiger partial charge in [0.1, 0.15) is 0 Å². The van der Waals surface area contributed by atoms with Crippen molar-refractivity contribution < 1.29 is 0 Å². The van der Waals surface area contributed by atoms with Gasteiger partial charge in [-0.05, 0) is 84.6 Å². The standard InChI is InChI=1S/C26H20Cl4N2/c1-15-13-17(9-11-23(15)31-25-19(27)5-3-6-20(25)28)18-10-12-24(16(2)14-18)32-26-21(29)7-4-8-22(26)30/h3-14,31-32H,1-2H3. The van der Waals surface area contributed by atoms with Crippen molar-refractivity contribution in [1.29, 1.82) is 0 Å². The van der Waals surface area contributed by atoms with E-state index in [4.69, 9.17) is 46.4 Å². The molecule has 0 aliphatic rings. The molecule has 0 radical (unpaired) electrons. The van der Waals surface area contributed by atoms with Crippen molar-refractivity contribution >= 4 is 69.2 Å². The number of rotatable bonds is 5. The molecule has 2 N–H and O–H groups in total. The first-order valence-corrected chi connectivity index (χ1v) is 11.5. The average molecular weight is 502 g/mol. The minimum absolute atomic E-state index is 0.582. The van der Waals surface area contributed by atoms with Gasteiger partial charge in [0.05, 0.1) is 31.5 Å². The highest BCUT2D eigenvalue weighted by Gasteiger charge is 2.11. The van der Waals surface area contributed by atoms with Crippen LogP contribution in [-0.2, 0) is 0 Å². The Bertz CT molecular complexity index is 1160. The molecule has 0 saturated carbocycles. The van der Waals surface area contributed by atoms with Crippen LogP contribution in [0.25, 0.3) is 11.1 Å². The third-order valence-electron chi connectivity index (χ3n) is 5.23. The Hall–Kier alpha value is -2.36. The maximum atomic E-state index is 6.30. The highest BCUT2D eigenvalue weighted by molar-refractivity contribution is 6.39. The summed E-state index contributed by atoms with van der Waals surface area (Å²) in [5.74, 6) is 0. The summed E-state index contributed by atoms with van der Waals surface area (Å²) in [4.78, 5) is 0. The second kappa shape index (κ2) is 9.64. The highest BCUT2D eigenvalue weighted by atomic mass is 35.5. The molecule has 0 fully saturated rings. The lowest BCUT2D eigenvalue weighted by Crippen LogP contribution is -1.96. The predicted octanol–water partition coefficient (Wildman–Crippen LogP) is 10.1. The first-order chi connectivity index (χ1) is 15.3. The van der Waals surface area contributed by atoms with Crippen molar-refractivity contribution in [3.05, 3.63) is 104 Å². The van der Waals surface area contributed by atoms with E-state index in [0.717, 1.165) is 33.6 Å². The molecule has 32 heavy (non-hydrogen) atoms. The molecule has 0 saturated heterocycles. The topological polar surface area (TPSA) is 24.1 Å². The van der Waals surface area contributed by atoms with E-state index in [1.807, 2.05) is 48.5 Å². The van der Waals surface area contributed by atoms with Gasteiger partial charge in [0, 0.05) is 11.4 Å².